The molecule has 1 saturated heterocycles. The van der Waals surface area contributed by atoms with Gasteiger partial charge in [-0.05, 0) is 0 Å². The number of fused-ring (bicyclic) bond motifs is 1. The van der Waals surface area contributed by atoms with Crippen LogP contribution >= 0.6 is 0 Å². The molecule has 2 aliphatic heterocycles. The van der Waals surface area contributed by atoms with E-state index in [9.17, 15) is 4.79 Å². The second kappa shape index (κ2) is 4.68. The van der Waals surface area contributed by atoms with Crippen molar-refractivity contribution in [3.8, 4) is 0 Å². The SMILES string of the molecule is Nc1nc2c(c(=O)[nH]1)NC(N)N2CC1COCCO1. The van der Waals surface area contributed by atoms with Crippen LogP contribution in [0.15, 0.2) is 4.79 Å². The summed E-state index contributed by atoms with van der Waals surface area (Å²) in [5.74, 6) is 0.508. The number of aromatic nitrogens is 2. The van der Waals surface area contributed by atoms with Gasteiger partial charge in [0.1, 0.15) is 5.69 Å². The van der Waals surface area contributed by atoms with Crippen molar-refractivity contribution in [2.45, 2.75) is 12.4 Å². The Hall–Kier alpha value is -1.84. The van der Waals surface area contributed by atoms with Crippen LogP contribution in [0.25, 0.3) is 0 Å². The van der Waals surface area contributed by atoms with E-state index in [1.807, 2.05) is 0 Å². The van der Waals surface area contributed by atoms with E-state index in [1.165, 1.54) is 0 Å². The van der Waals surface area contributed by atoms with Gasteiger partial charge in [-0.15, -0.1) is 0 Å². The highest BCUT2D eigenvalue weighted by molar-refractivity contribution is 5.71. The number of H-pyrrole nitrogens is 1. The lowest BCUT2D eigenvalue weighted by Crippen LogP contribution is -2.49. The molecule has 2 atom stereocenters. The third kappa shape index (κ3) is 2.23. The second-order valence-electron chi connectivity index (χ2n) is 4.46. The van der Waals surface area contributed by atoms with E-state index >= 15 is 0 Å². The van der Waals surface area contributed by atoms with Crippen LogP contribution in [0.1, 0.15) is 0 Å². The largest absolute Gasteiger partial charge is 0.376 e. The summed E-state index contributed by atoms with van der Waals surface area (Å²) in [5, 5.41) is 2.88. The molecule has 1 fully saturated rings. The lowest BCUT2D eigenvalue weighted by Gasteiger charge is -2.30. The molecular formula is C10H16N6O3. The molecule has 3 heterocycles. The van der Waals surface area contributed by atoms with Crippen molar-refractivity contribution in [2.75, 3.05) is 42.3 Å². The fourth-order valence-electron chi connectivity index (χ4n) is 2.24. The van der Waals surface area contributed by atoms with Crippen LogP contribution in [0.5, 0.6) is 0 Å². The molecule has 2 aliphatic rings. The molecule has 0 aliphatic carbocycles. The predicted molar refractivity (Wildman–Crippen MR) is 68.8 cm³/mol. The van der Waals surface area contributed by atoms with Crippen LogP contribution in [0.2, 0.25) is 0 Å². The van der Waals surface area contributed by atoms with Gasteiger partial charge in [0.25, 0.3) is 5.56 Å². The first-order valence-corrected chi connectivity index (χ1v) is 6.03. The van der Waals surface area contributed by atoms with Gasteiger partial charge in [-0.1, -0.05) is 0 Å². The van der Waals surface area contributed by atoms with Gasteiger partial charge in [-0.2, -0.15) is 4.98 Å². The first kappa shape index (κ1) is 12.2. The van der Waals surface area contributed by atoms with Gasteiger partial charge in [0.05, 0.1) is 32.5 Å². The number of nitrogen functional groups attached to an aromatic ring is 1. The summed E-state index contributed by atoms with van der Waals surface area (Å²) in [6.45, 7) is 2.13. The zero-order valence-corrected chi connectivity index (χ0v) is 10.3. The van der Waals surface area contributed by atoms with Crippen molar-refractivity contribution in [2.24, 2.45) is 5.73 Å². The highest BCUT2D eigenvalue weighted by atomic mass is 16.6. The number of ether oxygens (including phenoxy) is 2. The average molecular weight is 268 g/mol. The lowest BCUT2D eigenvalue weighted by atomic mass is 10.3. The van der Waals surface area contributed by atoms with E-state index in [4.69, 9.17) is 20.9 Å². The summed E-state index contributed by atoms with van der Waals surface area (Å²) in [6.07, 6.45) is -0.634. The number of nitrogens with two attached hydrogens (primary N) is 2. The van der Waals surface area contributed by atoms with Crippen LogP contribution in [0, 0.1) is 0 Å². The fraction of sp³-hybridized carbons (Fsp3) is 0.600. The van der Waals surface area contributed by atoms with Gasteiger partial charge < -0.3 is 25.4 Å². The van der Waals surface area contributed by atoms with E-state index in [-0.39, 0.29) is 17.6 Å². The minimum atomic E-state index is -0.532. The Morgan fingerprint density at radius 3 is 3.05 bits per heavy atom. The first-order chi connectivity index (χ1) is 9.15. The summed E-state index contributed by atoms with van der Waals surface area (Å²) < 4.78 is 10.9. The number of nitrogens with zero attached hydrogens (tertiary/aromatic N) is 2. The molecule has 6 N–H and O–H groups in total. The highest BCUT2D eigenvalue weighted by Crippen LogP contribution is 2.28. The van der Waals surface area contributed by atoms with E-state index in [0.717, 1.165) is 0 Å². The molecule has 0 saturated carbocycles. The molecule has 0 spiro atoms. The summed E-state index contributed by atoms with van der Waals surface area (Å²) in [4.78, 5) is 20.0. The number of hydrogen-bond donors (Lipinski definition) is 4. The quantitative estimate of drug-likeness (QED) is 0.496. The minimum Gasteiger partial charge on any atom is -0.376 e. The average Bonchev–Trinajstić information content (AvgIpc) is 2.69. The number of rotatable bonds is 2. The molecule has 3 rings (SSSR count). The summed E-state index contributed by atoms with van der Waals surface area (Å²) in [5.41, 5.74) is 11.5. The lowest BCUT2D eigenvalue weighted by molar-refractivity contribution is -0.0843. The van der Waals surface area contributed by atoms with Gasteiger partial charge in [-0.25, -0.2) is 0 Å². The molecule has 19 heavy (non-hydrogen) atoms. The highest BCUT2D eigenvalue weighted by Gasteiger charge is 2.32. The summed E-state index contributed by atoms with van der Waals surface area (Å²) in [6, 6.07) is 0. The van der Waals surface area contributed by atoms with E-state index in [1.54, 1.807) is 4.90 Å². The van der Waals surface area contributed by atoms with Crippen molar-refractivity contribution in [1.29, 1.82) is 0 Å². The monoisotopic (exact) mass is 268 g/mol. The van der Waals surface area contributed by atoms with Gasteiger partial charge in [0.15, 0.2) is 12.1 Å². The van der Waals surface area contributed by atoms with Crippen molar-refractivity contribution in [1.82, 2.24) is 9.97 Å². The van der Waals surface area contributed by atoms with Gasteiger partial charge in [-0.3, -0.25) is 15.5 Å². The standard InChI is InChI=1S/C10H16N6O3/c11-9-14-7-6(8(17)15-9)13-10(12)16(7)3-5-4-18-1-2-19-5/h5,10,13H,1-4,12H2,(H3,11,14,15,17). The van der Waals surface area contributed by atoms with Crippen LogP contribution in [0.4, 0.5) is 17.5 Å². The second-order valence-corrected chi connectivity index (χ2v) is 4.46. The topological polar surface area (TPSA) is 132 Å². The van der Waals surface area contributed by atoms with Crippen molar-refractivity contribution in [3.63, 3.8) is 0 Å². The Bertz CT molecular complexity index is 526. The Morgan fingerprint density at radius 1 is 1.47 bits per heavy atom. The summed E-state index contributed by atoms with van der Waals surface area (Å²) >= 11 is 0. The molecule has 0 radical (unpaired) electrons. The van der Waals surface area contributed by atoms with Gasteiger partial charge in [0, 0.05) is 0 Å². The molecular weight excluding hydrogens is 252 g/mol. The van der Waals surface area contributed by atoms with Crippen molar-refractivity contribution in [3.05, 3.63) is 10.4 Å². The number of hydrogen-bond acceptors (Lipinski definition) is 8. The zero-order chi connectivity index (χ0) is 13.4. The molecule has 0 aromatic carbocycles. The summed E-state index contributed by atoms with van der Waals surface area (Å²) in [7, 11) is 0. The maximum absolute atomic E-state index is 11.7. The van der Waals surface area contributed by atoms with Crippen molar-refractivity contribution < 1.29 is 9.47 Å². The van der Waals surface area contributed by atoms with Crippen molar-refractivity contribution >= 4 is 17.5 Å². The molecule has 0 amide bonds. The molecule has 2 unspecified atom stereocenters. The maximum atomic E-state index is 11.7. The van der Waals surface area contributed by atoms with E-state index in [0.29, 0.717) is 37.9 Å². The molecule has 9 heteroatoms. The third-order valence-electron chi connectivity index (χ3n) is 3.10. The zero-order valence-electron chi connectivity index (χ0n) is 10.3. The molecule has 9 nitrogen and oxygen atoms in total. The fourth-order valence-corrected chi connectivity index (χ4v) is 2.24. The Morgan fingerprint density at radius 2 is 2.32 bits per heavy atom. The number of nitrogens with one attached hydrogen (secondary N) is 2. The Kier molecular flexibility index (Phi) is 3.01. The minimum absolute atomic E-state index is 0.0606. The number of aromatic amines is 1. The molecule has 1 aromatic heterocycles. The first-order valence-electron chi connectivity index (χ1n) is 6.03. The third-order valence-corrected chi connectivity index (χ3v) is 3.10. The van der Waals surface area contributed by atoms with Crippen LogP contribution < -0.4 is 27.2 Å². The maximum Gasteiger partial charge on any atom is 0.277 e. The van der Waals surface area contributed by atoms with Crippen LogP contribution in [-0.2, 0) is 9.47 Å². The Balaban J connectivity index is 1.85. The number of anilines is 3. The van der Waals surface area contributed by atoms with Crippen LogP contribution in [0.3, 0.4) is 0 Å². The molecule has 104 valence electrons. The predicted octanol–water partition coefficient (Wildman–Crippen LogP) is -1.76. The molecule has 1 aromatic rings. The van der Waals surface area contributed by atoms with Crippen LogP contribution in [-0.4, -0.2) is 48.7 Å². The Labute approximate surface area is 108 Å². The van der Waals surface area contributed by atoms with Gasteiger partial charge in [0.2, 0.25) is 5.95 Å². The van der Waals surface area contributed by atoms with E-state index in [2.05, 4.69) is 15.3 Å². The molecule has 0 bridgehead atoms. The van der Waals surface area contributed by atoms with E-state index < -0.39 is 6.29 Å². The normalized spacial score (nSPS) is 26.1. The van der Waals surface area contributed by atoms with Gasteiger partial charge >= 0.3 is 0 Å². The smallest absolute Gasteiger partial charge is 0.277 e.